The van der Waals surface area contributed by atoms with Crippen LogP contribution in [0, 0.1) is 17.0 Å². The van der Waals surface area contributed by atoms with Crippen LogP contribution in [-0.4, -0.2) is 35.9 Å². The van der Waals surface area contributed by atoms with Gasteiger partial charge in [0.2, 0.25) is 5.91 Å². The number of carbonyl (C=O) groups excluding carboxylic acids is 3. The molecule has 9 heteroatoms. The van der Waals surface area contributed by atoms with E-state index in [-0.39, 0.29) is 22.8 Å². The summed E-state index contributed by atoms with van der Waals surface area (Å²) >= 11 is 0. The first-order valence-corrected chi connectivity index (χ1v) is 8.97. The topological polar surface area (TPSA) is 119 Å². The molecule has 9 nitrogen and oxygen atoms in total. The molecule has 1 N–H and O–H groups in total. The van der Waals surface area contributed by atoms with E-state index in [0.29, 0.717) is 24.2 Å². The van der Waals surface area contributed by atoms with Crippen LogP contribution >= 0.6 is 0 Å². The summed E-state index contributed by atoms with van der Waals surface area (Å²) in [4.78, 5) is 47.9. The van der Waals surface area contributed by atoms with Gasteiger partial charge in [-0.15, -0.1) is 0 Å². The Bertz CT molecular complexity index is 971. The van der Waals surface area contributed by atoms with E-state index in [1.165, 1.54) is 30.3 Å². The van der Waals surface area contributed by atoms with Crippen LogP contribution < -0.4 is 10.2 Å². The molecule has 3 rings (SSSR count). The Kier molecular flexibility index (Phi) is 5.87. The molecule has 29 heavy (non-hydrogen) atoms. The molecule has 2 aromatic rings. The average Bonchev–Trinajstić information content (AvgIpc) is 3.13. The lowest BCUT2D eigenvalue weighted by Crippen LogP contribution is -2.24. The number of amides is 2. The van der Waals surface area contributed by atoms with E-state index in [0.717, 1.165) is 6.42 Å². The van der Waals surface area contributed by atoms with Gasteiger partial charge < -0.3 is 15.0 Å². The van der Waals surface area contributed by atoms with E-state index in [1.807, 2.05) is 0 Å². The number of non-ortho nitro benzene ring substituents is 1. The Morgan fingerprint density at radius 3 is 2.55 bits per heavy atom. The van der Waals surface area contributed by atoms with Crippen molar-refractivity contribution in [3.05, 3.63) is 63.7 Å². The third-order valence-electron chi connectivity index (χ3n) is 4.53. The standard InChI is InChI=1S/C20H19N3O6/c1-13-4-7-16(23(27)28)11-17(13)21-18(24)12-29-20(26)14-5-8-15(9-6-14)22-10-2-3-19(22)25/h4-9,11H,2-3,10,12H2,1H3,(H,21,24). The molecule has 0 bridgehead atoms. The van der Waals surface area contributed by atoms with E-state index in [2.05, 4.69) is 5.32 Å². The van der Waals surface area contributed by atoms with Crippen LogP contribution in [0.5, 0.6) is 0 Å². The Hall–Kier alpha value is -3.75. The average molecular weight is 397 g/mol. The van der Waals surface area contributed by atoms with Gasteiger partial charge >= 0.3 is 5.97 Å². The minimum atomic E-state index is -0.685. The molecular weight excluding hydrogens is 378 g/mol. The molecule has 1 saturated heterocycles. The Balaban J connectivity index is 1.56. The van der Waals surface area contributed by atoms with Gasteiger partial charge in [-0.3, -0.25) is 19.7 Å². The zero-order valence-electron chi connectivity index (χ0n) is 15.7. The van der Waals surface area contributed by atoms with Crippen molar-refractivity contribution in [2.24, 2.45) is 0 Å². The number of rotatable bonds is 6. The van der Waals surface area contributed by atoms with Gasteiger partial charge in [0, 0.05) is 30.8 Å². The number of hydrogen-bond acceptors (Lipinski definition) is 6. The van der Waals surface area contributed by atoms with Crippen molar-refractivity contribution in [1.29, 1.82) is 0 Å². The van der Waals surface area contributed by atoms with Gasteiger partial charge in [-0.2, -0.15) is 0 Å². The number of aryl methyl sites for hydroxylation is 1. The number of nitrogens with zero attached hydrogens (tertiary/aromatic N) is 2. The number of carbonyl (C=O) groups is 3. The van der Waals surface area contributed by atoms with Gasteiger partial charge in [-0.25, -0.2) is 4.79 Å². The SMILES string of the molecule is Cc1ccc([N+](=O)[O-])cc1NC(=O)COC(=O)c1ccc(N2CCCC2=O)cc1. The molecule has 0 aromatic heterocycles. The van der Waals surface area contributed by atoms with Crippen LogP contribution in [0.15, 0.2) is 42.5 Å². The Morgan fingerprint density at radius 1 is 1.21 bits per heavy atom. The molecule has 150 valence electrons. The molecule has 2 amide bonds. The van der Waals surface area contributed by atoms with Crippen LogP contribution in [0.1, 0.15) is 28.8 Å². The predicted molar refractivity (Wildman–Crippen MR) is 105 cm³/mol. The van der Waals surface area contributed by atoms with E-state index < -0.39 is 23.4 Å². The number of nitrogens with one attached hydrogen (secondary N) is 1. The number of esters is 1. The quantitative estimate of drug-likeness (QED) is 0.455. The highest BCUT2D eigenvalue weighted by molar-refractivity contribution is 5.97. The highest BCUT2D eigenvalue weighted by Crippen LogP contribution is 2.23. The summed E-state index contributed by atoms with van der Waals surface area (Å²) in [5.74, 6) is -1.25. The lowest BCUT2D eigenvalue weighted by molar-refractivity contribution is -0.384. The number of anilines is 2. The molecule has 2 aromatic carbocycles. The largest absolute Gasteiger partial charge is 0.452 e. The maximum atomic E-state index is 12.1. The molecular formula is C20H19N3O6. The molecule has 1 fully saturated rings. The molecule has 1 aliphatic rings. The molecule has 0 aliphatic carbocycles. The lowest BCUT2D eigenvalue weighted by atomic mass is 10.2. The summed E-state index contributed by atoms with van der Waals surface area (Å²) in [7, 11) is 0. The second-order valence-electron chi connectivity index (χ2n) is 6.58. The molecule has 0 saturated carbocycles. The van der Waals surface area contributed by atoms with E-state index in [4.69, 9.17) is 4.74 Å². The van der Waals surface area contributed by atoms with E-state index in [9.17, 15) is 24.5 Å². The van der Waals surface area contributed by atoms with Crippen LogP contribution in [0.3, 0.4) is 0 Å². The molecule has 0 spiro atoms. The Labute approximate surface area is 166 Å². The van der Waals surface area contributed by atoms with Crippen molar-refractivity contribution in [1.82, 2.24) is 0 Å². The fraction of sp³-hybridized carbons (Fsp3) is 0.250. The number of nitro groups is 1. The minimum absolute atomic E-state index is 0.0495. The second kappa shape index (κ2) is 8.51. The normalized spacial score (nSPS) is 13.3. The zero-order valence-corrected chi connectivity index (χ0v) is 15.7. The monoisotopic (exact) mass is 397 g/mol. The first-order valence-electron chi connectivity index (χ1n) is 8.97. The van der Waals surface area contributed by atoms with Gasteiger partial charge in [0.1, 0.15) is 0 Å². The van der Waals surface area contributed by atoms with Gasteiger partial charge in [0.25, 0.3) is 11.6 Å². The second-order valence-corrected chi connectivity index (χ2v) is 6.58. The van der Waals surface area contributed by atoms with Gasteiger partial charge in [0.15, 0.2) is 6.61 Å². The molecule has 1 heterocycles. The van der Waals surface area contributed by atoms with Crippen molar-refractivity contribution in [3.8, 4) is 0 Å². The minimum Gasteiger partial charge on any atom is -0.452 e. The lowest BCUT2D eigenvalue weighted by Gasteiger charge is -2.15. The van der Waals surface area contributed by atoms with Crippen molar-refractivity contribution in [3.63, 3.8) is 0 Å². The predicted octanol–water partition coefficient (Wildman–Crippen LogP) is 2.83. The van der Waals surface area contributed by atoms with Crippen LogP contribution in [-0.2, 0) is 14.3 Å². The fourth-order valence-corrected chi connectivity index (χ4v) is 2.96. The van der Waals surface area contributed by atoms with Crippen molar-refractivity contribution >= 4 is 34.8 Å². The number of benzene rings is 2. The summed E-state index contributed by atoms with van der Waals surface area (Å²) in [5.41, 5.74) is 1.73. The number of ether oxygens (including phenoxy) is 1. The summed E-state index contributed by atoms with van der Waals surface area (Å²) in [6.07, 6.45) is 1.32. The zero-order chi connectivity index (χ0) is 21.0. The third-order valence-corrected chi connectivity index (χ3v) is 4.53. The van der Waals surface area contributed by atoms with Crippen molar-refractivity contribution in [2.75, 3.05) is 23.4 Å². The van der Waals surface area contributed by atoms with E-state index in [1.54, 1.807) is 24.0 Å². The molecule has 0 unspecified atom stereocenters. The highest BCUT2D eigenvalue weighted by Gasteiger charge is 2.22. The Morgan fingerprint density at radius 2 is 1.93 bits per heavy atom. The van der Waals surface area contributed by atoms with Crippen LogP contribution in [0.4, 0.5) is 17.1 Å². The van der Waals surface area contributed by atoms with Crippen molar-refractivity contribution in [2.45, 2.75) is 19.8 Å². The maximum absolute atomic E-state index is 12.1. The van der Waals surface area contributed by atoms with Gasteiger partial charge in [-0.05, 0) is 43.2 Å². The first kappa shape index (κ1) is 20.0. The number of nitro benzene ring substituents is 1. The molecule has 0 radical (unpaired) electrons. The first-order chi connectivity index (χ1) is 13.8. The maximum Gasteiger partial charge on any atom is 0.338 e. The summed E-state index contributed by atoms with van der Waals surface area (Å²) in [6.45, 7) is 1.81. The molecule has 1 aliphatic heterocycles. The van der Waals surface area contributed by atoms with Crippen LogP contribution in [0.2, 0.25) is 0 Å². The van der Waals surface area contributed by atoms with Gasteiger partial charge in [-0.1, -0.05) is 6.07 Å². The summed E-state index contributed by atoms with van der Waals surface area (Å²) < 4.78 is 5.00. The fourth-order valence-electron chi connectivity index (χ4n) is 2.96. The number of hydrogen-bond donors (Lipinski definition) is 1. The third kappa shape index (κ3) is 4.75. The summed E-state index contributed by atoms with van der Waals surface area (Å²) in [5, 5.41) is 13.3. The summed E-state index contributed by atoms with van der Waals surface area (Å²) in [6, 6.07) is 10.5. The van der Waals surface area contributed by atoms with Gasteiger partial charge in [0.05, 0.1) is 16.2 Å². The smallest absolute Gasteiger partial charge is 0.338 e. The molecule has 0 atom stereocenters. The van der Waals surface area contributed by atoms with Crippen LogP contribution in [0.25, 0.3) is 0 Å². The van der Waals surface area contributed by atoms with E-state index >= 15 is 0 Å². The van der Waals surface area contributed by atoms with Crippen molar-refractivity contribution < 1.29 is 24.0 Å². The highest BCUT2D eigenvalue weighted by atomic mass is 16.6.